The highest BCUT2D eigenvalue weighted by molar-refractivity contribution is 5.82. The van der Waals surface area contributed by atoms with Gasteiger partial charge in [-0.25, -0.2) is 0 Å². The monoisotopic (exact) mass is 255 g/mol. The van der Waals surface area contributed by atoms with Crippen LogP contribution >= 0.6 is 0 Å². The minimum atomic E-state index is -0.320. The van der Waals surface area contributed by atoms with E-state index in [-0.39, 0.29) is 16.9 Å². The largest absolute Gasteiger partial charge is 0.340 e. The molecule has 0 unspecified atom stereocenters. The highest BCUT2D eigenvalue weighted by atomic mass is 16.2. The van der Waals surface area contributed by atoms with Crippen LogP contribution in [0.5, 0.6) is 0 Å². The minimum absolute atomic E-state index is 0.113. The van der Waals surface area contributed by atoms with E-state index in [1.54, 1.807) is 0 Å². The molecule has 0 aromatic carbocycles. The van der Waals surface area contributed by atoms with Gasteiger partial charge < -0.3 is 10.2 Å². The lowest BCUT2D eigenvalue weighted by molar-refractivity contribution is -0.144. The van der Waals surface area contributed by atoms with Gasteiger partial charge in [0.15, 0.2) is 0 Å². The third-order valence-electron chi connectivity index (χ3n) is 3.72. The van der Waals surface area contributed by atoms with E-state index in [1.807, 2.05) is 11.9 Å². The van der Waals surface area contributed by atoms with E-state index in [0.717, 1.165) is 32.7 Å². The maximum Gasteiger partial charge on any atom is 0.229 e. The van der Waals surface area contributed by atoms with Crippen molar-refractivity contribution in [2.45, 2.75) is 40.2 Å². The van der Waals surface area contributed by atoms with Crippen LogP contribution in [-0.4, -0.2) is 61.0 Å². The van der Waals surface area contributed by atoms with Crippen LogP contribution in [0.1, 0.15) is 34.6 Å². The molecule has 1 amide bonds. The molecular formula is C14H29N3O. The molecule has 1 heterocycles. The molecule has 4 heteroatoms. The highest BCUT2D eigenvalue weighted by Crippen LogP contribution is 2.24. The van der Waals surface area contributed by atoms with Crippen molar-refractivity contribution in [3.05, 3.63) is 0 Å². The van der Waals surface area contributed by atoms with Crippen molar-refractivity contribution in [1.82, 2.24) is 15.1 Å². The molecule has 1 N–H and O–H groups in total. The van der Waals surface area contributed by atoms with Gasteiger partial charge in [0.1, 0.15) is 0 Å². The van der Waals surface area contributed by atoms with Crippen LogP contribution in [0.15, 0.2) is 0 Å². The molecule has 4 nitrogen and oxygen atoms in total. The van der Waals surface area contributed by atoms with Gasteiger partial charge in [-0.15, -0.1) is 0 Å². The van der Waals surface area contributed by atoms with Crippen LogP contribution in [0.2, 0.25) is 0 Å². The van der Waals surface area contributed by atoms with Gasteiger partial charge >= 0.3 is 0 Å². The summed E-state index contributed by atoms with van der Waals surface area (Å²) < 4.78 is 0. The van der Waals surface area contributed by atoms with Gasteiger partial charge in [-0.1, -0.05) is 0 Å². The molecule has 0 spiro atoms. The standard InChI is InChI=1S/C14H29N3O/c1-13(2,3)16(6)12(18)14(4,5)11-17-9-7-15-8-10-17/h15H,7-11H2,1-6H3. The van der Waals surface area contributed by atoms with E-state index in [1.165, 1.54) is 0 Å². The fraction of sp³-hybridized carbons (Fsp3) is 0.929. The van der Waals surface area contributed by atoms with E-state index in [0.29, 0.717) is 0 Å². The number of hydrogen-bond donors (Lipinski definition) is 1. The van der Waals surface area contributed by atoms with Crippen molar-refractivity contribution in [1.29, 1.82) is 0 Å². The van der Waals surface area contributed by atoms with Crippen LogP contribution in [0.4, 0.5) is 0 Å². The average molecular weight is 255 g/mol. The lowest BCUT2D eigenvalue weighted by Crippen LogP contribution is -2.54. The zero-order chi connectivity index (χ0) is 14.0. The Morgan fingerprint density at radius 3 is 2.11 bits per heavy atom. The fourth-order valence-electron chi connectivity index (χ4n) is 2.25. The predicted molar refractivity (Wildman–Crippen MR) is 75.6 cm³/mol. The quantitative estimate of drug-likeness (QED) is 0.822. The molecule has 1 fully saturated rings. The second-order valence-electron chi connectivity index (χ2n) is 6.95. The van der Waals surface area contributed by atoms with Crippen molar-refractivity contribution in [3.63, 3.8) is 0 Å². The lowest BCUT2D eigenvalue weighted by Gasteiger charge is -2.40. The van der Waals surface area contributed by atoms with E-state index < -0.39 is 0 Å². The average Bonchev–Trinajstić information content (AvgIpc) is 2.26. The third-order valence-corrected chi connectivity index (χ3v) is 3.72. The first-order chi connectivity index (χ1) is 8.14. The Kier molecular flexibility index (Phi) is 4.78. The van der Waals surface area contributed by atoms with Crippen molar-refractivity contribution >= 4 is 5.91 Å². The van der Waals surface area contributed by atoms with Gasteiger partial charge in [-0.2, -0.15) is 0 Å². The van der Waals surface area contributed by atoms with Gasteiger partial charge in [0, 0.05) is 45.3 Å². The van der Waals surface area contributed by atoms with Crippen LogP contribution in [0, 0.1) is 5.41 Å². The molecule has 0 aromatic heterocycles. The number of hydrogen-bond acceptors (Lipinski definition) is 3. The van der Waals surface area contributed by atoms with Crippen molar-refractivity contribution in [3.8, 4) is 0 Å². The number of carbonyl (C=O) groups is 1. The molecular weight excluding hydrogens is 226 g/mol. The fourth-order valence-corrected chi connectivity index (χ4v) is 2.25. The first-order valence-electron chi connectivity index (χ1n) is 6.86. The number of nitrogens with zero attached hydrogens (tertiary/aromatic N) is 2. The number of rotatable bonds is 3. The van der Waals surface area contributed by atoms with Gasteiger partial charge in [0.25, 0.3) is 0 Å². The number of carbonyl (C=O) groups excluding carboxylic acids is 1. The van der Waals surface area contributed by atoms with Crippen molar-refractivity contribution in [2.75, 3.05) is 39.8 Å². The maximum atomic E-state index is 12.6. The first-order valence-corrected chi connectivity index (χ1v) is 6.86. The number of amides is 1. The number of piperazine rings is 1. The van der Waals surface area contributed by atoms with Crippen LogP contribution in [0.3, 0.4) is 0 Å². The molecule has 1 rings (SSSR count). The molecule has 0 radical (unpaired) electrons. The summed E-state index contributed by atoms with van der Waals surface area (Å²) >= 11 is 0. The second kappa shape index (κ2) is 5.57. The molecule has 1 saturated heterocycles. The second-order valence-corrected chi connectivity index (χ2v) is 6.95. The summed E-state index contributed by atoms with van der Waals surface area (Å²) in [6.45, 7) is 15.3. The van der Waals surface area contributed by atoms with E-state index >= 15 is 0 Å². The highest BCUT2D eigenvalue weighted by Gasteiger charge is 2.36. The summed E-state index contributed by atoms with van der Waals surface area (Å²) in [5, 5.41) is 3.34. The summed E-state index contributed by atoms with van der Waals surface area (Å²) in [7, 11) is 1.90. The topological polar surface area (TPSA) is 35.6 Å². The van der Waals surface area contributed by atoms with Gasteiger partial charge in [0.2, 0.25) is 5.91 Å². The zero-order valence-electron chi connectivity index (χ0n) is 12.8. The Morgan fingerprint density at radius 2 is 1.67 bits per heavy atom. The van der Waals surface area contributed by atoms with Gasteiger partial charge in [-0.05, 0) is 34.6 Å². The van der Waals surface area contributed by atoms with Crippen LogP contribution in [0.25, 0.3) is 0 Å². The molecule has 1 aliphatic rings. The summed E-state index contributed by atoms with van der Waals surface area (Å²) in [4.78, 5) is 16.8. The van der Waals surface area contributed by atoms with E-state index in [9.17, 15) is 4.79 Å². The van der Waals surface area contributed by atoms with Crippen LogP contribution in [-0.2, 0) is 4.79 Å². The van der Waals surface area contributed by atoms with E-state index in [2.05, 4.69) is 44.8 Å². The molecule has 0 saturated carbocycles. The summed E-state index contributed by atoms with van der Waals surface area (Å²) in [5.74, 6) is 0.230. The summed E-state index contributed by atoms with van der Waals surface area (Å²) in [6, 6.07) is 0. The Morgan fingerprint density at radius 1 is 1.17 bits per heavy atom. The van der Waals surface area contributed by atoms with Gasteiger partial charge in [-0.3, -0.25) is 9.69 Å². The molecule has 1 aliphatic heterocycles. The summed E-state index contributed by atoms with van der Waals surface area (Å²) in [6.07, 6.45) is 0. The predicted octanol–water partition coefficient (Wildman–Crippen LogP) is 1.17. The Balaban J connectivity index is 2.64. The molecule has 18 heavy (non-hydrogen) atoms. The summed E-state index contributed by atoms with van der Waals surface area (Å²) in [5.41, 5.74) is -0.433. The Bertz CT molecular complexity index is 288. The van der Waals surface area contributed by atoms with E-state index in [4.69, 9.17) is 0 Å². The third kappa shape index (κ3) is 3.95. The number of nitrogens with one attached hydrogen (secondary N) is 1. The molecule has 0 bridgehead atoms. The minimum Gasteiger partial charge on any atom is -0.340 e. The Hall–Kier alpha value is -0.610. The normalized spacial score (nSPS) is 18.8. The maximum absolute atomic E-state index is 12.6. The molecule has 0 aliphatic carbocycles. The molecule has 106 valence electrons. The first kappa shape index (κ1) is 15.4. The lowest BCUT2D eigenvalue weighted by atomic mass is 9.88. The van der Waals surface area contributed by atoms with Crippen molar-refractivity contribution in [2.24, 2.45) is 5.41 Å². The molecule has 0 atom stereocenters. The zero-order valence-corrected chi connectivity index (χ0v) is 12.8. The van der Waals surface area contributed by atoms with Crippen LogP contribution < -0.4 is 5.32 Å². The molecule has 0 aromatic rings. The Labute approximate surface area is 112 Å². The SMILES string of the molecule is CN(C(=O)C(C)(C)CN1CCNCC1)C(C)(C)C. The van der Waals surface area contributed by atoms with Crippen molar-refractivity contribution < 1.29 is 4.79 Å². The van der Waals surface area contributed by atoms with Gasteiger partial charge in [0.05, 0.1) is 5.41 Å². The smallest absolute Gasteiger partial charge is 0.229 e.